The van der Waals surface area contributed by atoms with Gasteiger partial charge in [-0.3, -0.25) is 5.32 Å². The Morgan fingerprint density at radius 2 is 1.79 bits per heavy atom. The molecule has 0 aliphatic heterocycles. The van der Waals surface area contributed by atoms with Crippen LogP contribution in [-0.2, 0) is 4.74 Å². The number of nitrogens with one attached hydrogen (secondary N) is 3. The highest BCUT2D eigenvalue weighted by atomic mass is 35.6. The van der Waals surface area contributed by atoms with E-state index >= 15 is 0 Å². The minimum atomic E-state index is -1.84. The molecule has 0 aromatic heterocycles. The molecule has 0 saturated carbocycles. The van der Waals surface area contributed by atoms with Gasteiger partial charge in [-0.1, -0.05) is 34.8 Å². The molecule has 1 aromatic rings. The first-order valence-corrected chi connectivity index (χ1v) is 8.60. The number of carbonyl (C=O) groups is 1. The van der Waals surface area contributed by atoms with Gasteiger partial charge in [-0.2, -0.15) is 0 Å². The van der Waals surface area contributed by atoms with Crippen molar-refractivity contribution in [1.82, 2.24) is 10.6 Å². The number of carbonyl (C=O) groups excluding carboxylic acids is 1. The van der Waals surface area contributed by atoms with E-state index in [2.05, 4.69) is 16.0 Å². The van der Waals surface area contributed by atoms with Gasteiger partial charge < -0.3 is 20.1 Å². The third kappa shape index (κ3) is 7.61. The maximum Gasteiger partial charge on any atom is 0.408 e. The van der Waals surface area contributed by atoms with Crippen LogP contribution in [0.25, 0.3) is 0 Å². The van der Waals surface area contributed by atoms with Crippen molar-refractivity contribution >= 4 is 63.9 Å². The van der Waals surface area contributed by atoms with E-state index in [9.17, 15) is 4.79 Å². The predicted molar refractivity (Wildman–Crippen MR) is 101 cm³/mol. The molecule has 1 atom stereocenters. The first-order valence-electron chi connectivity index (χ1n) is 7.06. The second-order valence-electron chi connectivity index (χ2n) is 4.40. The zero-order valence-corrected chi connectivity index (χ0v) is 16.2. The van der Waals surface area contributed by atoms with Crippen molar-refractivity contribution in [3.05, 3.63) is 24.3 Å². The number of alkyl halides is 3. The summed E-state index contributed by atoms with van der Waals surface area (Å²) >= 11 is 22.7. The molecule has 6 nitrogen and oxygen atoms in total. The Kier molecular flexibility index (Phi) is 8.69. The van der Waals surface area contributed by atoms with Crippen LogP contribution in [0.3, 0.4) is 0 Å². The standard InChI is InChI=1S/C14H18Cl3N3O3S/c1-3-22-10-7-5-9(6-8-10)18-12(24)19-11(14(15,16)17)20-13(21)23-4-2/h5-8,11H,3-4H2,1-2H3,(H,20,21)(H2,18,19,24)/t11-/m1/s1. The first-order chi connectivity index (χ1) is 11.3. The van der Waals surface area contributed by atoms with E-state index in [0.29, 0.717) is 12.3 Å². The minimum absolute atomic E-state index is 0.160. The molecule has 0 heterocycles. The van der Waals surface area contributed by atoms with Crippen molar-refractivity contribution < 1.29 is 14.3 Å². The quantitative estimate of drug-likeness (QED) is 0.373. The average molecular weight is 415 g/mol. The lowest BCUT2D eigenvalue weighted by atomic mass is 10.3. The zero-order valence-electron chi connectivity index (χ0n) is 13.1. The van der Waals surface area contributed by atoms with Gasteiger partial charge in [0.2, 0.25) is 3.79 Å². The molecule has 0 saturated heterocycles. The van der Waals surface area contributed by atoms with Crippen LogP contribution in [0.4, 0.5) is 10.5 Å². The number of hydrogen-bond donors (Lipinski definition) is 3. The SMILES string of the molecule is CCOC(=O)N[C@@H](NC(=S)Nc1ccc(OCC)cc1)C(Cl)(Cl)Cl. The zero-order chi connectivity index (χ0) is 18.2. The van der Waals surface area contributed by atoms with Crippen molar-refractivity contribution in [3.8, 4) is 5.75 Å². The van der Waals surface area contributed by atoms with Crippen LogP contribution in [-0.4, -0.2) is 34.4 Å². The molecule has 1 aromatic carbocycles. The maximum absolute atomic E-state index is 11.5. The predicted octanol–water partition coefficient (Wildman–Crippen LogP) is 3.81. The van der Waals surface area contributed by atoms with Crippen LogP contribution in [0.1, 0.15) is 13.8 Å². The Labute approximate surface area is 161 Å². The maximum atomic E-state index is 11.5. The number of hydrogen-bond acceptors (Lipinski definition) is 4. The van der Waals surface area contributed by atoms with Crippen molar-refractivity contribution in [2.24, 2.45) is 0 Å². The van der Waals surface area contributed by atoms with Crippen LogP contribution in [0.5, 0.6) is 5.75 Å². The summed E-state index contributed by atoms with van der Waals surface area (Å²) in [5.74, 6) is 0.741. The number of rotatable bonds is 6. The average Bonchev–Trinajstić information content (AvgIpc) is 2.48. The lowest BCUT2D eigenvalue weighted by Crippen LogP contribution is -2.56. The first kappa shape index (κ1) is 20.9. The molecule has 0 aliphatic carbocycles. The van der Waals surface area contributed by atoms with Crippen molar-refractivity contribution in [2.45, 2.75) is 23.8 Å². The van der Waals surface area contributed by atoms with Gasteiger partial charge in [0, 0.05) is 5.69 Å². The van der Waals surface area contributed by atoms with Gasteiger partial charge in [-0.05, 0) is 50.3 Å². The Balaban J connectivity index is 2.65. The Bertz CT molecular complexity index is 552. The molecule has 0 bridgehead atoms. The third-order valence-electron chi connectivity index (χ3n) is 2.56. The summed E-state index contributed by atoms with van der Waals surface area (Å²) < 4.78 is 8.28. The van der Waals surface area contributed by atoms with Crippen LogP contribution < -0.4 is 20.7 Å². The summed E-state index contributed by atoms with van der Waals surface area (Å²) in [6.45, 7) is 4.33. The molecule has 0 radical (unpaired) electrons. The van der Waals surface area contributed by atoms with Crippen molar-refractivity contribution in [2.75, 3.05) is 18.5 Å². The molecule has 3 N–H and O–H groups in total. The summed E-state index contributed by atoms with van der Waals surface area (Å²) in [5.41, 5.74) is 0.704. The monoisotopic (exact) mass is 413 g/mol. The normalized spacial score (nSPS) is 12.0. The van der Waals surface area contributed by atoms with Gasteiger partial charge in [0.05, 0.1) is 13.2 Å². The van der Waals surface area contributed by atoms with Crippen molar-refractivity contribution in [1.29, 1.82) is 0 Å². The minimum Gasteiger partial charge on any atom is -0.494 e. The van der Waals surface area contributed by atoms with E-state index in [1.165, 1.54) is 0 Å². The summed E-state index contributed by atoms with van der Waals surface area (Å²) in [5, 5.41) is 8.18. The lowest BCUT2D eigenvalue weighted by molar-refractivity contribution is 0.147. The Morgan fingerprint density at radius 1 is 1.17 bits per heavy atom. The number of amides is 1. The molecule has 24 heavy (non-hydrogen) atoms. The summed E-state index contributed by atoms with van der Waals surface area (Å²) in [4.78, 5) is 11.5. The largest absolute Gasteiger partial charge is 0.494 e. The number of alkyl carbamates (subject to hydrolysis) is 1. The fourth-order valence-corrected chi connectivity index (χ4v) is 2.15. The molecular weight excluding hydrogens is 397 g/mol. The highest BCUT2D eigenvalue weighted by Gasteiger charge is 2.35. The fraction of sp³-hybridized carbons (Fsp3) is 0.429. The van der Waals surface area contributed by atoms with E-state index in [-0.39, 0.29) is 11.7 Å². The van der Waals surface area contributed by atoms with E-state index in [1.807, 2.05) is 6.92 Å². The van der Waals surface area contributed by atoms with Gasteiger partial charge in [0.1, 0.15) is 5.75 Å². The summed E-state index contributed by atoms with van der Waals surface area (Å²) in [7, 11) is 0. The van der Waals surface area contributed by atoms with Crippen molar-refractivity contribution in [3.63, 3.8) is 0 Å². The smallest absolute Gasteiger partial charge is 0.408 e. The van der Waals surface area contributed by atoms with Crippen LogP contribution in [0.2, 0.25) is 0 Å². The van der Waals surface area contributed by atoms with Crippen LogP contribution >= 0.6 is 47.0 Å². The Hall–Kier alpha value is -1.15. The molecule has 10 heteroatoms. The number of benzene rings is 1. The number of halogens is 3. The van der Waals surface area contributed by atoms with Crippen LogP contribution in [0, 0.1) is 0 Å². The highest BCUT2D eigenvalue weighted by Crippen LogP contribution is 2.29. The van der Waals surface area contributed by atoms with E-state index in [4.69, 9.17) is 56.5 Å². The molecule has 0 spiro atoms. The van der Waals surface area contributed by atoms with Gasteiger partial charge in [0.25, 0.3) is 0 Å². The lowest BCUT2D eigenvalue weighted by Gasteiger charge is -2.27. The van der Waals surface area contributed by atoms with E-state index in [1.54, 1.807) is 31.2 Å². The molecular formula is C14H18Cl3N3O3S. The van der Waals surface area contributed by atoms with Gasteiger partial charge in [-0.15, -0.1) is 0 Å². The number of ether oxygens (including phenoxy) is 2. The van der Waals surface area contributed by atoms with E-state index < -0.39 is 16.1 Å². The number of thiocarbonyl (C=S) groups is 1. The molecule has 1 rings (SSSR count). The summed E-state index contributed by atoms with van der Waals surface area (Å²) in [6, 6.07) is 7.14. The van der Waals surface area contributed by atoms with Crippen LogP contribution in [0.15, 0.2) is 24.3 Å². The number of anilines is 1. The summed E-state index contributed by atoms with van der Waals surface area (Å²) in [6.07, 6.45) is -1.81. The Morgan fingerprint density at radius 3 is 2.29 bits per heavy atom. The highest BCUT2D eigenvalue weighted by molar-refractivity contribution is 7.80. The third-order valence-corrected chi connectivity index (χ3v) is 3.44. The van der Waals surface area contributed by atoms with Gasteiger partial charge >= 0.3 is 6.09 Å². The second kappa shape index (κ2) is 9.98. The van der Waals surface area contributed by atoms with Gasteiger partial charge in [0.15, 0.2) is 11.3 Å². The topological polar surface area (TPSA) is 71.6 Å². The molecule has 134 valence electrons. The molecule has 0 fully saturated rings. The molecule has 0 unspecified atom stereocenters. The van der Waals surface area contributed by atoms with E-state index in [0.717, 1.165) is 5.75 Å². The second-order valence-corrected chi connectivity index (χ2v) is 7.17. The van der Waals surface area contributed by atoms with Gasteiger partial charge in [-0.25, -0.2) is 4.79 Å². The fourth-order valence-electron chi connectivity index (χ4n) is 1.59. The molecule has 1 amide bonds. The molecule has 0 aliphatic rings.